The molecule has 42 heavy (non-hydrogen) atoms. The van der Waals surface area contributed by atoms with E-state index in [0.717, 1.165) is 5.69 Å². The van der Waals surface area contributed by atoms with E-state index in [2.05, 4.69) is 11.2 Å². The highest BCUT2D eigenvalue weighted by Crippen LogP contribution is 2.46. The molecule has 0 unspecified atom stereocenters. The molecule has 1 aliphatic rings. The Balaban J connectivity index is 1.40. The van der Waals surface area contributed by atoms with Crippen LogP contribution >= 0.6 is 11.6 Å². The molecule has 0 spiro atoms. The summed E-state index contributed by atoms with van der Waals surface area (Å²) in [5.74, 6) is 0.530. The lowest BCUT2D eigenvalue weighted by Gasteiger charge is -2.25. The fraction of sp³-hybridized carbons (Fsp3) is 0.0968. The van der Waals surface area contributed by atoms with Crippen LogP contribution in [-0.2, 0) is 0 Å². The van der Waals surface area contributed by atoms with Gasteiger partial charge < -0.3 is 19.9 Å². The van der Waals surface area contributed by atoms with Gasteiger partial charge in [0, 0.05) is 0 Å². The van der Waals surface area contributed by atoms with E-state index in [1.54, 1.807) is 47.1 Å². The molecule has 2 aromatic heterocycles. The van der Waals surface area contributed by atoms with E-state index in [1.807, 2.05) is 43.3 Å². The Morgan fingerprint density at radius 1 is 0.976 bits per heavy atom. The molecule has 0 saturated carbocycles. The Bertz CT molecular complexity index is 1940. The standard InChI is InChI=1S/C31H23ClN6O4/c1-18-26-27(22(16-33)29(34)42-31(26)38(36-18)21-11-7-4-8-12-21)19-13-14-23(24(15-19)40-2)41-25-17-35-37(30(39)28(25)32)20-9-5-3-6-10-20/h3-15,17,27H,34H2,1-2H3/t27-/m1/s1. The van der Waals surface area contributed by atoms with Crippen molar-refractivity contribution in [3.63, 3.8) is 0 Å². The molecule has 3 aromatic carbocycles. The Morgan fingerprint density at radius 2 is 1.64 bits per heavy atom. The van der Waals surface area contributed by atoms with E-state index in [4.69, 9.17) is 36.6 Å². The van der Waals surface area contributed by atoms with Crippen molar-refractivity contribution in [1.82, 2.24) is 19.6 Å². The summed E-state index contributed by atoms with van der Waals surface area (Å²) < 4.78 is 20.4. The first-order chi connectivity index (χ1) is 20.4. The Morgan fingerprint density at radius 3 is 2.29 bits per heavy atom. The summed E-state index contributed by atoms with van der Waals surface area (Å²) in [5.41, 5.74) is 9.41. The molecule has 3 heterocycles. The monoisotopic (exact) mass is 578 g/mol. The third-order valence-electron chi connectivity index (χ3n) is 6.86. The minimum Gasteiger partial charge on any atom is -0.493 e. The number of aromatic nitrogens is 4. The molecule has 208 valence electrons. The molecule has 10 nitrogen and oxygen atoms in total. The zero-order valence-electron chi connectivity index (χ0n) is 22.5. The summed E-state index contributed by atoms with van der Waals surface area (Å²) in [6, 6.07) is 25.8. The lowest BCUT2D eigenvalue weighted by atomic mass is 9.84. The average Bonchev–Trinajstić information content (AvgIpc) is 3.35. The molecule has 0 saturated heterocycles. The van der Waals surface area contributed by atoms with Crippen LogP contribution in [0.15, 0.2) is 101 Å². The number of hydrogen-bond acceptors (Lipinski definition) is 8. The number of aryl methyl sites for hydroxylation is 1. The van der Waals surface area contributed by atoms with Crippen LogP contribution in [0.1, 0.15) is 22.7 Å². The first-order valence-corrected chi connectivity index (χ1v) is 13.2. The predicted octanol–water partition coefficient (Wildman–Crippen LogP) is 5.40. The molecule has 0 amide bonds. The van der Waals surface area contributed by atoms with E-state index >= 15 is 0 Å². The van der Waals surface area contributed by atoms with E-state index in [-0.39, 0.29) is 22.2 Å². The highest BCUT2D eigenvalue weighted by molar-refractivity contribution is 6.31. The second-order valence-corrected chi connectivity index (χ2v) is 9.74. The number of fused-ring (bicyclic) bond motifs is 1. The minimum absolute atomic E-state index is 0.0109. The first kappa shape index (κ1) is 26.7. The van der Waals surface area contributed by atoms with Crippen molar-refractivity contribution in [1.29, 1.82) is 5.26 Å². The van der Waals surface area contributed by atoms with Crippen LogP contribution in [0.4, 0.5) is 0 Å². The minimum atomic E-state index is -0.584. The number of ether oxygens (including phenoxy) is 3. The highest BCUT2D eigenvalue weighted by atomic mass is 35.5. The van der Waals surface area contributed by atoms with Crippen molar-refractivity contribution in [3.8, 4) is 40.6 Å². The van der Waals surface area contributed by atoms with Crippen LogP contribution in [0.5, 0.6) is 23.1 Å². The van der Waals surface area contributed by atoms with E-state index in [0.29, 0.717) is 39.9 Å². The average molecular weight is 579 g/mol. The van der Waals surface area contributed by atoms with E-state index < -0.39 is 11.5 Å². The normalized spacial score (nSPS) is 14.1. The summed E-state index contributed by atoms with van der Waals surface area (Å²) >= 11 is 6.41. The van der Waals surface area contributed by atoms with Gasteiger partial charge in [-0.1, -0.05) is 54.1 Å². The van der Waals surface area contributed by atoms with Gasteiger partial charge in [-0.3, -0.25) is 4.79 Å². The van der Waals surface area contributed by atoms with Crippen LogP contribution in [0, 0.1) is 18.3 Å². The van der Waals surface area contributed by atoms with Crippen molar-refractivity contribution in [2.75, 3.05) is 7.11 Å². The quantitative estimate of drug-likeness (QED) is 0.283. The molecule has 5 aromatic rings. The maximum Gasteiger partial charge on any atom is 0.294 e. The fourth-order valence-electron chi connectivity index (χ4n) is 4.90. The van der Waals surface area contributed by atoms with Gasteiger partial charge in [-0.2, -0.15) is 20.1 Å². The number of methoxy groups -OCH3 is 1. The lowest BCUT2D eigenvalue weighted by Crippen LogP contribution is -2.22. The van der Waals surface area contributed by atoms with Crippen molar-refractivity contribution in [2.24, 2.45) is 5.73 Å². The maximum absolute atomic E-state index is 12.9. The molecule has 6 rings (SSSR count). The zero-order valence-corrected chi connectivity index (χ0v) is 23.2. The van der Waals surface area contributed by atoms with Crippen LogP contribution in [0.3, 0.4) is 0 Å². The lowest BCUT2D eigenvalue weighted by molar-refractivity contribution is 0.365. The Hall–Kier alpha value is -5.53. The number of hydrogen-bond donors (Lipinski definition) is 1. The predicted molar refractivity (Wildman–Crippen MR) is 156 cm³/mol. The number of halogens is 1. The van der Waals surface area contributed by atoms with Gasteiger partial charge >= 0.3 is 0 Å². The van der Waals surface area contributed by atoms with Gasteiger partial charge in [0.2, 0.25) is 11.8 Å². The first-order valence-electron chi connectivity index (χ1n) is 12.8. The van der Waals surface area contributed by atoms with Crippen LogP contribution in [0.2, 0.25) is 5.02 Å². The highest BCUT2D eigenvalue weighted by Gasteiger charge is 2.36. The van der Waals surface area contributed by atoms with Crippen molar-refractivity contribution < 1.29 is 14.2 Å². The summed E-state index contributed by atoms with van der Waals surface area (Å²) in [6.07, 6.45) is 1.37. The molecule has 2 N–H and O–H groups in total. The topological polar surface area (TPSA) is 130 Å². The van der Waals surface area contributed by atoms with Gasteiger partial charge in [0.15, 0.2) is 22.3 Å². The van der Waals surface area contributed by atoms with Crippen LogP contribution in [-0.4, -0.2) is 26.7 Å². The number of nitrogens with zero attached hydrogens (tertiary/aromatic N) is 5. The molecular formula is C31H23ClN6O4. The summed E-state index contributed by atoms with van der Waals surface area (Å²) in [7, 11) is 1.49. The summed E-state index contributed by atoms with van der Waals surface area (Å²) in [5, 5.41) is 18.8. The second-order valence-electron chi connectivity index (χ2n) is 9.36. The van der Waals surface area contributed by atoms with Gasteiger partial charge in [-0.05, 0) is 48.9 Å². The number of rotatable bonds is 6. The Labute approximate surface area is 245 Å². The molecule has 11 heteroatoms. The summed E-state index contributed by atoms with van der Waals surface area (Å²) in [4.78, 5) is 12.9. The smallest absolute Gasteiger partial charge is 0.294 e. The van der Waals surface area contributed by atoms with Gasteiger partial charge in [0.25, 0.3) is 5.56 Å². The SMILES string of the molecule is COc1cc([C@@H]2C(C#N)=C(N)Oc3c2c(C)nn3-c2ccccc2)ccc1Oc1cnn(-c2ccccc2)c(=O)c1Cl. The fourth-order valence-corrected chi connectivity index (χ4v) is 5.07. The van der Waals surface area contributed by atoms with Gasteiger partial charge in [0.05, 0.1) is 41.9 Å². The molecule has 1 atom stereocenters. The second kappa shape index (κ2) is 10.8. The Kier molecular flexibility index (Phi) is 6.86. The summed E-state index contributed by atoms with van der Waals surface area (Å²) in [6.45, 7) is 1.85. The maximum atomic E-state index is 12.9. The molecule has 0 fully saturated rings. The number of nitrogens with two attached hydrogens (primary N) is 1. The van der Waals surface area contributed by atoms with Gasteiger partial charge in [0.1, 0.15) is 11.6 Å². The van der Waals surface area contributed by atoms with Gasteiger partial charge in [-0.15, -0.1) is 0 Å². The van der Waals surface area contributed by atoms with E-state index in [9.17, 15) is 10.1 Å². The zero-order chi connectivity index (χ0) is 29.4. The number of allylic oxidation sites excluding steroid dienone is 1. The van der Waals surface area contributed by atoms with Gasteiger partial charge in [-0.25, -0.2) is 4.68 Å². The third kappa shape index (κ3) is 4.52. The molecule has 1 aliphatic heterocycles. The third-order valence-corrected chi connectivity index (χ3v) is 7.21. The van der Waals surface area contributed by atoms with E-state index in [1.165, 1.54) is 18.0 Å². The molecular weight excluding hydrogens is 556 g/mol. The van der Waals surface area contributed by atoms with Crippen molar-refractivity contribution >= 4 is 11.6 Å². The molecule has 0 bridgehead atoms. The number of nitriles is 1. The largest absolute Gasteiger partial charge is 0.493 e. The van der Waals surface area contributed by atoms with Crippen LogP contribution < -0.4 is 25.5 Å². The number of para-hydroxylation sites is 2. The van der Waals surface area contributed by atoms with Crippen molar-refractivity contribution in [3.05, 3.63) is 129 Å². The van der Waals surface area contributed by atoms with Crippen LogP contribution in [0.25, 0.3) is 11.4 Å². The number of benzene rings is 3. The molecule has 0 radical (unpaired) electrons. The molecule has 0 aliphatic carbocycles. The van der Waals surface area contributed by atoms with Crippen molar-refractivity contribution in [2.45, 2.75) is 12.8 Å².